The molecule has 2 aromatic rings. The van der Waals surface area contributed by atoms with Crippen molar-refractivity contribution in [3.8, 4) is 5.75 Å². The summed E-state index contributed by atoms with van der Waals surface area (Å²) in [6.45, 7) is 0. The summed E-state index contributed by atoms with van der Waals surface area (Å²) in [5.41, 5.74) is 6.32. The minimum atomic E-state index is 0.0832. The molecule has 0 saturated carbocycles. The van der Waals surface area contributed by atoms with Crippen molar-refractivity contribution in [1.82, 2.24) is 10.2 Å². The Morgan fingerprint density at radius 2 is 2.13 bits per heavy atom. The van der Waals surface area contributed by atoms with E-state index in [0.29, 0.717) is 12.3 Å². The van der Waals surface area contributed by atoms with Gasteiger partial charge in [0, 0.05) is 5.56 Å². The lowest BCUT2D eigenvalue weighted by atomic mass is 10.1. The van der Waals surface area contributed by atoms with Crippen LogP contribution in [0.15, 0.2) is 28.7 Å². The van der Waals surface area contributed by atoms with Gasteiger partial charge in [0.2, 0.25) is 5.89 Å². The number of hydrogen-bond acceptors (Lipinski definition) is 5. The maximum Gasteiger partial charge on any atom is 0.312 e. The van der Waals surface area contributed by atoms with Gasteiger partial charge in [0.15, 0.2) is 0 Å². The van der Waals surface area contributed by atoms with Crippen molar-refractivity contribution < 1.29 is 9.15 Å². The number of nitrogens with zero attached hydrogens (tertiary/aromatic N) is 2. The van der Waals surface area contributed by atoms with Crippen molar-refractivity contribution in [3.05, 3.63) is 35.7 Å². The molecule has 0 amide bonds. The quantitative estimate of drug-likeness (QED) is 0.816. The second-order valence-corrected chi connectivity index (χ2v) is 3.02. The van der Waals surface area contributed by atoms with Gasteiger partial charge in [-0.25, -0.2) is 0 Å². The Morgan fingerprint density at radius 3 is 2.80 bits per heavy atom. The molecule has 1 aromatic carbocycles. The first-order valence-electron chi connectivity index (χ1n) is 4.49. The number of nitrogen functional groups attached to an aromatic ring is 1. The molecule has 0 radical (unpaired) electrons. The highest BCUT2D eigenvalue weighted by Gasteiger charge is 2.07. The van der Waals surface area contributed by atoms with Gasteiger partial charge in [-0.15, -0.1) is 5.10 Å². The molecule has 0 spiro atoms. The Morgan fingerprint density at radius 1 is 1.33 bits per heavy atom. The van der Waals surface area contributed by atoms with Gasteiger partial charge in [-0.3, -0.25) is 0 Å². The van der Waals surface area contributed by atoms with Crippen LogP contribution in [0.1, 0.15) is 11.5 Å². The van der Waals surface area contributed by atoms with Crippen LogP contribution in [-0.2, 0) is 6.42 Å². The number of rotatable bonds is 3. The van der Waals surface area contributed by atoms with Gasteiger partial charge in [-0.2, -0.15) is 0 Å². The lowest BCUT2D eigenvalue weighted by Crippen LogP contribution is -1.93. The lowest BCUT2D eigenvalue weighted by molar-refractivity contribution is 0.408. The molecule has 0 fully saturated rings. The van der Waals surface area contributed by atoms with E-state index in [1.807, 2.05) is 24.3 Å². The SMILES string of the molecule is COc1ccccc1Cc1nnc(N)o1. The summed E-state index contributed by atoms with van der Waals surface area (Å²) in [7, 11) is 1.63. The van der Waals surface area contributed by atoms with Gasteiger partial charge in [0.1, 0.15) is 5.75 Å². The predicted molar refractivity (Wildman–Crippen MR) is 54.5 cm³/mol. The minimum absolute atomic E-state index is 0.0832. The Balaban J connectivity index is 2.23. The third-order valence-electron chi connectivity index (χ3n) is 2.02. The van der Waals surface area contributed by atoms with Crippen molar-refractivity contribution >= 4 is 6.01 Å². The zero-order chi connectivity index (χ0) is 10.7. The highest BCUT2D eigenvalue weighted by Crippen LogP contribution is 2.20. The van der Waals surface area contributed by atoms with Gasteiger partial charge < -0.3 is 14.9 Å². The van der Waals surface area contributed by atoms with Crippen LogP contribution in [0.2, 0.25) is 0 Å². The normalized spacial score (nSPS) is 10.2. The Kier molecular flexibility index (Phi) is 2.53. The van der Waals surface area contributed by atoms with Crippen LogP contribution in [-0.4, -0.2) is 17.3 Å². The molecule has 2 rings (SSSR count). The third-order valence-corrected chi connectivity index (χ3v) is 2.02. The summed E-state index contributed by atoms with van der Waals surface area (Å²) >= 11 is 0. The smallest absolute Gasteiger partial charge is 0.312 e. The molecule has 2 N–H and O–H groups in total. The van der Waals surface area contributed by atoms with Crippen LogP contribution in [0.4, 0.5) is 6.01 Å². The van der Waals surface area contributed by atoms with E-state index in [9.17, 15) is 0 Å². The first-order chi connectivity index (χ1) is 7.29. The van der Waals surface area contributed by atoms with E-state index >= 15 is 0 Å². The second kappa shape index (κ2) is 4.00. The molecule has 1 heterocycles. The second-order valence-electron chi connectivity index (χ2n) is 3.02. The molecule has 0 saturated heterocycles. The van der Waals surface area contributed by atoms with Crippen LogP contribution < -0.4 is 10.5 Å². The van der Waals surface area contributed by atoms with Crippen LogP contribution in [0.5, 0.6) is 5.75 Å². The molecule has 0 aliphatic rings. The molecule has 5 nitrogen and oxygen atoms in total. The molecule has 78 valence electrons. The predicted octanol–water partition coefficient (Wildman–Crippen LogP) is 1.25. The van der Waals surface area contributed by atoms with Crippen molar-refractivity contribution in [2.24, 2.45) is 0 Å². The topological polar surface area (TPSA) is 74.2 Å². The fourth-order valence-corrected chi connectivity index (χ4v) is 1.35. The molecule has 0 unspecified atom stereocenters. The first-order valence-corrected chi connectivity index (χ1v) is 4.49. The van der Waals surface area contributed by atoms with Crippen molar-refractivity contribution in [2.75, 3.05) is 12.8 Å². The average Bonchev–Trinajstić information content (AvgIpc) is 2.65. The molecule has 0 bridgehead atoms. The zero-order valence-electron chi connectivity index (χ0n) is 8.30. The highest BCUT2D eigenvalue weighted by atomic mass is 16.5. The van der Waals surface area contributed by atoms with Crippen molar-refractivity contribution in [1.29, 1.82) is 0 Å². The maximum atomic E-state index is 5.33. The van der Waals surface area contributed by atoms with Gasteiger partial charge in [-0.05, 0) is 6.07 Å². The summed E-state index contributed by atoms with van der Waals surface area (Å²) in [5, 5.41) is 7.38. The highest BCUT2D eigenvalue weighted by molar-refractivity contribution is 5.35. The molecule has 0 atom stereocenters. The van der Waals surface area contributed by atoms with E-state index in [-0.39, 0.29) is 6.01 Å². The molecule has 15 heavy (non-hydrogen) atoms. The van der Waals surface area contributed by atoms with Gasteiger partial charge in [0.25, 0.3) is 0 Å². The number of aromatic nitrogens is 2. The molecular formula is C10H11N3O2. The van der Waals surface area contributed by atoms with Gasteiger partial charge >= 0.3 is 6.01 Å². The summed E-state index contributed by atoms with van der Waals surface area (Å²) in [6.07, 6.45) is 0.522. The Hall–Kier alpha value is -2.04. The number of hydrogen-bond donors (Lipinski definition) is 1. The average molecular weight is 205 g/mol. The first kappa shape index (κ1) is 9.51. The molecule has 1 aromatic heterocycles. The third kappa shape index (κ3) is 2.07. The Labute approximate surface area is 86.9 Å². The molecule has 0 aliphatic heterocycles. The van der Waals surface area contributed by atoms with Gasteiger partial charge in [-0.1, -0.05) is 23.3 Å². The summed E-state index contributed by atoms with van der Waals surface area (Å²) < 4.78 is 10.3. The monoisotopic (exact) mass is 205 g/mol. The van der Waals surface area contributed by atoms with E-state index in [0.717, 1.165) is 11.3 Å². The Bertz CT molecular complexity index is 453. The van der Waals surface area contributed by atoms with Crippen LogP contribution >= 0.6 is 0 Å². The fourth-order valence-electron chi connectivity index (χ4n) is 1.35. The standard InChI is InChI=1S/C10H11N3O2/c1-14-8-5-3-2-4-7(8)6-9-12-13-10(11)15-9/h2-5H,6H2,1H3,(H2,11,13). The van der Waals surface area contributed by atoms with E-state index < -0.39 is 0 Å². The summed E-state index contributed by atoms with van der Waals surface area (Å²) in [4.78, 5) is 0. The number of nitrogens with two attached hydrogens (primary N) is 1. The number of para-hydroxylation sites is 1. The zero-order valence-corrected chi connectivity index (χ0v) is 8.30. The largest absolute Gasteiger partial charge is 0.496 e. The van der Waals surface area contributed by atoms with Crippen molar-refractivity contribution in [3.63, 3.8) is 0 Å². The van der Waals surface area contributed by atoms with E-state index in [1.165, 1.54) is 0 Å². The minimum Gasteiger partial charge on any atom is -0.496 e. The van der Waals surface area contributed by atoms with E-state index in [4.69, 9.17) is 14.9 Å². The van der Waals surface area contributed by atoms with E-state index in [2.05, 4.69) is 10.2 Å². The maximum absolute atomic E-state index is 5.33. The molecular weight excluding hydrogens is 194 g/mol. The van der Waals surface area contributed by atoms with Crippen LogP contribution in [0.25, 0.3) is 0 Å². The number of benzene rings is 1. The molecule has 0 aliphatic carbocycles. The number of methoxy groups -OCH3 is 1. The fraction of sp³-hybridized carbons (Fsp3) is 0.200. The van der Waals surface area contributed by atoms with Crippen LogP contribution in [0, 0.1) is 0 Å². The van der Waals surface area contributed by atoms with Crippen molar-refractivity contribution in [2.45, 2.75) is 6.42 Å². The van der Waals surface area contributed by atoms with Gasteiger partial charge in [0.05, 0.1) is 13.5 Å². The van der Waals surface area contributed by atoms with E-state index in [1.54, 1.807) is 7.11 Å². The molecule has 5 heteroatoms. The number of anilines is 1. The lowest BCUT2D eigenvalue weighted by Gasteiger charge is -2.04. The number of ether oxygens (including phenoxy) is 1. The van der Waals surface area contributed by atoms with Crippen LogP contribution in [0.3, 0.4) is 0 Å². The summed E-state index contributed by atoms with van der Waals surface area (Å²) in [5.74, 6) is 1.28. The summed E-state index contributed by atoms with van der Waals surface area (Å²) in [6, 6.07) is 7.75.